The third-order valence-corrected chi connectivity index (χ3v) is 9.55. The van der Waals surface area contributed by atoms with Crippen molar-refractivity contribution in [2.45, 2.75) is 207 Å². The van der Waals surface area contributed by atoms with Gasteiger partial charge in [0.05, 0.1) is 0 Å². The first kappa shape index (κ1) is 55.3. The zero-order chi connectivity index (χ0) is 43.0. The Morgan fingerprint density at radius 1 is 0.356 bits per heavy atom. The standard InChI is InChI=1S/C53H86O6/c1-4-7-10-13-16-19-22-25-26-27-28-29-32-34-37-40-43-46-52(55)58-49-50(59-53(56)47-44-41-38-35-31-24-21-18-15-12-9-6-3)48-57-51(54)45-42-39-36-33-30-23-20-17-14-11-8-5-2/h8-9,11-12,16-21,25-26,28-29,34,37,50H,4-7,10,13-15,22-24,27,30-33,35-36,38-49H2,1-3H3/b11-8-,12-9-,19-16-,20-17-,21-18-,26-25-,29-28-,37-34-. The van der Waals surface area contributed by atoms with E-state index in [-0.39, 0.29) is 37.5 Å². The van der Waals surface area contributed by atoms with E-state index in [0.29, 0.717) is 19.3 Å². The van der Waals surface area contributed by atoms with Gasteiger partial charge in [0.15, 0.2) is 6.10 Å². The van der Waals surface area contributed by atoms with E-state index in [0.717, 1.165) is 128 Å². The maximum absolute atomic E-state index is 12.7. The molecule has 334 valence electrons. The van der Waals surface area contributed by atoms with Crippen LogP contribution in [-0.4, -0.2) is 37.2 Å². The van der Waals surface area contributed by atoms with Crippen LogP contribution in [0.3, 0.4) is 0 Å². The van der Waals surface area contributed by atoms with Crippen molar-refractivity contribution in [3.8, 4) is 0 Å². The predicted octanol–water partition coefficient (Wildman–Crippen LogP) is 15.4. The lowest BCUT2D eigenvalue weighted by Gasteiger charge is -2.18. The van der Waals surface area contributed by atoms with Crippen LogP contribution in [0, 0.1) is 0 Å². The van der Waals surface area contributed by atoms with Crippen LogP contribution in [0.4, 0.5) is 0 Å². The lowest BCUT2D eigenvalue weighted by Crippen LogP contribution is -2.30. The van der Waals surface area contributed by atoms with E-state index < -0.39 is 6.10 Å². The van der Waals surface area contributed by atoms with E-state index in [1.54, 1.807) is 0 Å². The first-order valence-electron chi connectivity index (χ1n) is 23.7. The van der Waals surface area contributed by atoms with Gasteiger partial charge < -0.3 is 14.2 Å². The second-order valence-corrected chi connectivity index (χ2v) is 15.2. The van der Waals surface area contributed by atoms with Crippen molar-refractivity contribution in [2.24, 2.45) is 0 Å². The highest BCUT2D eigenvalue weighted by Gasteiger charge is 2.19. The molecule has 0 aromatic carbocycles. The van der Waals surface area contributed by atoms with Gasteiger partial charge in [0.1, 0.15) is 13.2 Å². The summed E-state index contributed by atoms with van der Waals surface area (Å²) < 4.78 is 16.7. The number of carbonyl (C=O) groups excluding carboxylic acids is 3. The third-order valence-electron chi connectivity index (χ3n) is 9.55. The van der Waals surface area contributed by atoms with Crippen molar-refractivity contribution in [2.75, 3.05) is 13.2 Å². The molecule has 0 saturated carbocycles. The van der Waals surface area contributed by atoms with Crippen molar-refractivity contribution >= 4 is 17.9 Å². The van der Waals surface area contributed by atoms with E-state index in [9.17, 15) is 14.4 Å². The first-order valence-corrected chi connectivity index (χ1v) is 23.7. The Morgan fingerprint density at radius 2 is 0.678 bits per heavy atom. The Morgan fingerprint density at radius 3 is 1.10 bits per heavy atom. The number of unbranched alkanes of at least 4 members (excludes halogenated alkanes) is 14. The van der Waals surface area contributed by atoms with Crippen molar-refractivity contribution in [3.05, 3.63) is 97.2 Å². The topological polar surface area (TPSA) is 78.9 Å². The molecule has 0 aromatic heterocycles. The molecule has 0 bridgehead atoms. The molecule has 6 heteroatoms. The molecule has 0 saturated heterocycles. The van der Waals surface area contributed by atoms with E-state index in [1.807, 2.05) is 0 Å². The highest BCUT2D eigenvalue weighted by molar-refractivity contribution is 5.71. The number of hydrogen-bond acceptors (Lipinski definition) is 6. The van der Waals surface area contributed by atoms with Gasteiger partial charge in [0.25, 0.3) is 0 Å². The van der Waals surface area contributed by atoms with E-state index in [4.69, 9.17) is 14.2 Å². The van der Waals surface area contributed by atoms with Gasteiger partial charge in [-0.05, 0) is 109 Å². The first-order chi connectivity index (χ1) is 29.0. The lowest BCUT2D eigenvalue weighted by atomic mass is 10.1. The van der Waals surface area contributed by atoms with Crippen LogP contribution in [0.1, 0.15) is 201 Å². The number of esters is 3. The predicted molar refractivity (Wildman–Crippen MR) is 251 cm³/mol. The molecule has 0 N–H and O–H groups in total. The van der Waals surface area contributed by atoms with Crippen LogP contribution in [0.5, 0.6) is 0 Å². The van der Waals surface area contributed by atoms with Gasteiger partial charge >= 0.3 is 17.9 Å². The molecule has 0 amide bonds. The Kier molecular flexibility index (Phi) is 44.1. The second-order valence-electron chi connectivity index (χ2n) is 15.2. The smallest absolute Gasteiger partial charge is 0.306 e. The van der Waals surface area contributed by atoms with E-state index in [2.05, 4.69) is 118 Å². The van der Waals surface area contributed by atoms with Crippen LogP contribution in [0.2, 0.25) is 0 Å². The molecule has 59 heavy (non-hydrogen) atoms. The average molecular weight is 819 g/mol. The number of ether oxygens (including phenoxy) is 3. The minimum Gasteiger partial charge on any atom is -0.462 e. The lowest BCUT2D eigenvalue weighted by molar-refractivity contribution is -0.167. The number of allylic oxidation sites excluding steroid dienone is 16. The van der Waals surface area contributed by atoms with Gasteiger partial charge in [0.2, 0.25) is 0 Å². The zero-order valence-corrected chi connectivity index (χ0v) is 38.0. The molecule has 0 heterocycles. The van der Waals surface area contributed by atoms with Gasteiger partial charge in [-0.2, -0.15) is 0 Å². The van der Waals surface area contributed by atoms with E-state index >= 15 is 0 Å². The molecular weight excluding hydrogens is 733 g/mol. The number of hydrogen-bond donors (Lipinski definition) is 0. The van der Waals surface area contributed by atoms with Crippen molar-refractivity contribution in [3.63, 3.8) is 0 Å². The number of carbonyl (C=O) groups is 3. The highest BCUT2D eigenvalue weighted by Crippen LogP contribution is 2.12. The van der Waals surface area contributed by atoms with E-state index in [1.165, 1.54) is 25.7 Å². The fourth-order valence-electron chi connectivity index (χ4n) is 6.04. The largest absolute Gasteiger partial charge is 0.462 e. The molecule has 0 radical (unpaired) electrons. The van der Waals surface area contributed by atoms with Crippen molar-refractivity contribution in [1.82, 2.24) is 0 Å². The summed E-state index contributed by atoms with van der Waals surface area (Å²) in [6.45, 7) is 6.29. The van der Waals surface area contributed by atoms with Gasteiger partial charge in [-0.1, -0.05) is 169 Å². The maximum atomic E-state index is 12.7. The Labute approximate surface area is 362 Å². The molecule has 6 nitrogen and oxygen atoms in total. The quantitative estimate of drug-likeness (QED) is 0.0265. The molecular formula is C53H86O6. The molecule has 0 rings (SSSR count). The summed E-state index contributed by atoms with van der Waals surface area (Å²) in [6, 6.07) is 0. The highest BCUT2D eigenvalue weighted by atomic mass is 16.6. The van der Waals surface area contributed by atoms with Gasteiger partial charge in [-0.25, -0.2) is 0 Å². The van der Waals surface area contributed by atoms with Gasteiger partial charge in [-0.15, -0.1) is 0 Å². The molecule has 0 aromatic rings. The van der Waals surface area contributed by atoms with Gasteiger partial charge in [-0.3, -0.25) is 14.4 Å². The molecule has 0 aliphatic heterocycles. The normalized spacial score (nSPS) is 12.9. The fourth-order valence-corrected chi connectivity index (χ4v) is 6.04. The molecule has 0 aliphatic carbocycles. The molecule has 0 fully saturated rings. The third kappa shape index (κ3) is 45.3. The Hall–Kier alpha value is -3.67. The van der Waals surface area contributed by atoms with Crippen molar-refractivity contribution in [1.29, 1.82) is 0 Å². The molecule has 0 aliphatic rings. The summed E-state index contributed by atoms with van der Waals surface area (Å²) in [6.07, 6.45) is 61.1. The van der Waals surface area contributed by atoms with Gasteiger partial charge in [0, 0.05) is 19.3 Å². The summed E-state index contributed by atoms with van der Waals surface area (Å²) in [5.74, 6) is -1.01. The number of rotatable bonds is 41. The summed E-state index contributed by atoms with van der Waals surface area (Å²) >= 11 is 0. The Bertz CT molecular complexity index is 1220. The summed E-state index contributed by atoms with van der Waals surface area (Å²) in [5.41, 5.74) is 0. The molecule has 0 spiro atoms. The van der Waals surface area contributed by atoms with Crippen LogP contribution in [0.15, 0.2) is 97.2 Å². The SMILES string of the molecule is CC/C=C\C/C=C\CCCCCCCC(=O)OCC(COC(=O)CCC/C=C\C/C=C\C/C=C\C/C=C\CCCCC)OC(=O)CCCCCCC/C=C\C/C=C\CC. The minimum absolute atomic E-state index is 0.110. The summed E-state index contributed by atoms with van der Waals surface area (Å²) in [5, 5.41) is 0. The molecule has 1 unspecified atom stereocenters. The monoisotopic (exact) mass is 819 g/mol. The average Bonchev–Trinajstić information content (AvgIpc) is 3.23. The summed E-state index contributed by atoms with van der Waals surface area (Å²) in [7, 11) is 0. The van der Waals surface area contributed by atoms with Crippen LogP contribution < -0.4 is 0 Å². The van der Waals surface area contributed by atoms with Crippen molar-refractivity contribution < 1.29 is 28.6 Å². The summed E-state index contributed by atoms with van der Waals surface area (Å²) in [4.78, 5) is 37.8. The maximum Gasteiger partial charge on any atom is 0.306 e. The molecule has 1 atom stereocenters. The zero-order valence-electron chi connectivity index (χ0n) is 38.0. The minimum atomic E-state index is -0.812. The Balaban J connectivity index is 4.51. The van der Waals surface area contributed by atoms with Crippen LogP contribution in [0.25, 0.3) is 0 Å². The van der Waals surface area contributed by atoms with Crippen LogP contribution in [-0.2, 0) is 28.6 Å². The second kappa shape index (κ2) is 47.0. The fraction of sp³-hybridized carbons (Fsp3) is 0.642. The van der Waals surface area contributed by atoms with Crippen LogP contribution >= 0.6 is 0 Å².